The number of hydrogen-bond acceptors (Lipinski definition) is 3. The SMILES string of the molecule is CC(C)(C)OC(=O)NCC(N)c1ccc(Cl)cc1. The van der Waals surface area contributed by atoms with Gasteiger partial charge >= 0.3 is 6.09 Å². The zero-order valence-corrected chi connectivity index (χ0v) is 11.6. The smallest absolute Gasteiger partial charge is 0.407 e. The fourth-order valence-corrected chi connectivity index (χ4v) is 1.46. The normalized spacial score (nSPS) is 12.9. The maximum atomic E-state index is 11.4. The molecule has 4 nitrogen and oxygen atoms in total. The van der Waals surface area contributed by atoms with Crippen LogP contribution in [0.3, 0.4) is 0 Å². The molecule has 0 aromatic heterocycles. The van der Waals surface area contributed by atoms with E-state index in [1.165, 1.54) is 0 Å². The van der Waals surface area contributed by atoms with Crippen molar-refractivity contribution in [1.29, 1.82) is 0 Å². The van der Waals surface area contributed by atoms with Crippen molar-refractivity contribution in [2.24, 2.45) is 5.73 Å². The van der Waals surface area contributed by atoms with Gasteiger partial charge in [0.15, 0.2) is 0 Å². The van der Waals surface area contributed by atoms with Crippen LogP contribution in [0.2, 0.25) is 5.02 Å². The second kappa shape index (κ2) is 6.07. The molecule has 100 valence electrons. The monoisotopic (exact) mass is 270 g/mol. The van der Waals surface area contributed by atoms with Gasteiger partial charge < -0.3 is 15.8 Å². The summed E-state index contributed by atoms with van der Waals surface area (Å²) in [5.74, 6) is 0. The number of nitrogens with one attached hydrogen (secondary N) is 1. The molecule has 1 atom stereocenters. The van der Waals surface area contributed by atoms with E-state index >= 15 is 0 Å². The van der Waals surface area contributed by atoms with Crippen LogP contribution < -0.4 is 11.1 Å². The molecule has 0 aliphatic heterocycles. The third-order valence-electron chi connectivity index (χ3n) is 2.16. The Hall–Kier alpha value is -1.26. The van der Waals surface area contributed by atoms with E-state index in [1.807, 2.05) is 32.9 Å². The summed E-state index contributed by atoms with van der Waals surface area (Å²) in [5, 5.41) is 3.29. The number of amides is 1. The summed E-state index contributed by atoms with van der Waals surface area (Å²) >= 11 is 5.79. The molecule has 1 rings (SSSR count). The zero-order valence-electron chi connectivity index (χ0n) is 10.9. The van der Waals surface area contributed by atoms with E-state index in [2.05, 4.69) is 5.32 Å². The first-order valence-electron chi connectivity index (χ1n) is 5.76. The van der Waals surface area contributed by atoms with Gasteiger partial charge in [-0.1, -0.05) is 23.7 Å². The maximum absolute atomic E-state index is 11.4. The van der Waals surface area contributed by atoms with Crippen LogP contribution in [0.5, 0.6) is 0 Å². The molecular formula is C13H19ClN2O2. The van der Waals surface area contributed by atoms with Gasteiger partial charge in [-0.05, 0) is 38.5 Å². The quantitative estimate of drug-likeness (QED) is 0.888. The summed E-state index contributed by atoms with van der Waals surface area (Å²) in [6.45, 7) is 5.75. The van der Waals surface area contributed by atoms with Crippen molar-refractivity contribution in [1.82, 2.24) is 5.32 Å². The molecule has 0 spiro atoms. The summed E-state index contributed by atoms with van der Waals surface area (Å²) in [6, 6.07) is 6.93. The number of ether oxygens (including phenoxy) is 1. The van der Waals surface area contributed by atoms with Crippen molar-refractivity contribution in [3.05, 3.63) is 34.9 Å². The summed E-state index contributed by atoms with van der Waals surface area (Å²) in [5.41, 5.74) is 6.35. The fraction of sp³-hybridized carbons (Fsp3) is 0.462. The standard InChI is InChI=1S/C13H19ClN2O2/c1-13(2,3)18-12(17)16-8-11(15)9-4-6-10(14)7-5-9/h4-7,11H,8,15H2,1-3H3,(H,16,17). The number of alkyl carbamates (subject to hydrolysis) is 1. The van der Waals surface area contributed by atoms with Crippen LogP contribution in [0.4, 0.5) is 4.79 Å². The molecule has 0 saturated heterocycles. The highest BCUT2D eigenvalue weighted by Crippen LogP contribution is 2.14. The Balaban J connectivity index is 2.44. The third kappa shape index (κ3) is 5.38. The van der Waals surface area contributed by atoms with E-state index < -0.39 is 11.7 Å². The molecule has 0 heterocycles. The van der Waals surface area contributed by atoms with Gasteiger partial charge in [-0.3, -0.25) is 0 Å². The molecule has 1 unspecified atom stereocenters. The van der Waals surface area contributed by atoms with E-state index in [9.17, 15) is 4.79 Å². The zero-order chi connectivity index (χ0) is 13.8. The third-order valence-corrected chi connectivity index (χ3v) is 2.42. The molecule has 0 bridgehead atoms. The first kappa shape index (κ1) is 14.8. The average molecular weight is 271 g/mol. The van der Waals surface area contributed by atoms with Crippen molar-refractivity contribution in [3.8, 4) is 0 Å². The Morgan fingerprint density at radius 2 is 1.94 bits per heavy atom. The number of hydrogen-bond donors (Lipinski definition) is 2. The summed E-state index contributed by atoms with van der Waals surface area (Å²) < 4.78 is 5.12. The molecule has 3 N–H and O–H groups in total. The molecule has 0 fully saturated rings. The number of rotatable bonds is 3. The van der Waals surface area contributed by atoms with E-state index in [4.69, 9.17) is 22.1 Å². The molecule has 0 aliphatic rings. The summed E-state index contributed by atoms with van der Waals surface area (Å²) in [4.78, 5) is 11.4. The molecule has 1 aromatic carbocycles. The minimum absolute atomic E-state index is 0.283. The lowest BCUT2D eigenvalue weighted by Gasteiger charge is -2.20. The van der Waals surface area contributed by atoms with Gasteiger partial charge in [0, 0.05) is 17.6 Å². The van der Waals surface area contributed by atoms with Crippen molar-refractivity contribution in [2.45, 2.75) is 32.4 Å². The molecule has 1 aromatic rings. The molecule has 18 heavy (non-hydrogen) atoms. The highest BCUT2D eigenvalue weighted by Gasteiger charge is 2.16. The van der Waals surface area contributed by atoms with E-state index in [0.29, 0.717) is 11.6 Å². The second-order valence-corrected chi connectivity index (χ2v) is 5.48. The van der Waals surface area contributed by atoms with E-state index in [1.54, 1.807) is 12.1 Å². The van der Waals surface area contributed by atoms with Crippen LogP contribution in [0, 0.1) is 0 Å². The van der Waals surface area contributed by atoms with E-state index in [0.717, 1.165) is 5.56 Å². The van der Waals surface area contributed by atoms with Crippen LogP contribution in [-0.4, -0.2) is 18.2 Å². The van der Waals surface area contributed by atoms with Crippen LogP contribution >= 0.6 is 11.6 Å². The van der Waals surface area contributed by atoms with Crippen molar-refractivity contribution < 1.29 is 9.53 Å². The molecule has 0 aliphatic carbocycles. The fourth-order valence-electron chi connectivity index (χ4n) is 1.34. The lowest BCUT2D eigenvalue weighted by atomic mass is 10.1. The molecular weight excluding hydrogens is 252 g/mol. The summed E-state index contributed by atoms with van der Waals surface area (Å²) in [6.07, 6.45) is -0.466. The van der Waals surface area contributed by atoms with Gasteiger partial charge in [0.1, 0.15) is 5.60 Å². The van der Waals surface area contributed by atoms with Gasteiger partial charge in [0.05, 0.1) is 0 Å². The lowest BCUT2D eigenvalue weighted by molar-refractivity contribution is 0.0524. The van der Waals surface area contributed by atoms with Crippen LogP contribution in [-0.2, 0) is 4.74 Å². The number of nitrogens with two attached hydrogens (primary N) is 1. The minimum Gasteiger partial charge on any atom is -0.444 e. The largest absolute Gasteiger partial charge is 0.444 e. The first-order valence-corrected chi connectivity index (χ1v) is 6.13. The van der Waals surface area contributed by atoms with E-state index in [-0.39, 0.29) is 6.04 Å². The molecule has 5 heteroatoms. The molecule has 0 radical (unpaired) electrons. The topological polar surface area (TPSA) is 64.3 Å². The van der Waals surface area contributed by atoms with Gasteiger partial charge in [-0.15, -0.1) is 0 Å². The minimum atomic E-state index is -0.506. The highest BCUT2D eigenvalue weighted by atomic mass is 35.5. The Morgan fingerprint density at radius 1 is 1.39 bits per heavy atom. The number of benzene rings is 1. The van der Waals surface area contributed by atoms with Gasteiger partial charge in [-0.2, -0.15) is 0 Å². The molecule has 0 saturated carbocycles. The number of carbonyl (C=O) groups is 1. The first-order chi connectivity index (χ1) is 8.28. The van der Waals surface area contributed by atoms with Crippen molar-refractivity contribution in [2.75, 3.05) is 6.54 Å². The lowest BCUT2D eigenvalue weighted by Crippen LogP contribution is -2.36. The van der Waals surface area contributed by atoms with Crippen LogP contribution in [0.25, 0.3) is 0 Å². The van der Waals surface area contributed by atoms with Gasteiger partial charge in [-0.25, -0.2) is 4.79 Å². The molecule has 1 amide bonds. The summed E-state index contributed by atoms with van der Waals surface area (Å²) in [7, 11) is 0. The predicted octanol–water partition coefficient (Wildman–Crippen LogP) is 2.86. The second-order valence-electron chi connectivity index (χ2n) is 5.04. The van der Waals surface area contributed by atoms with Crippen LogP contribution in [0.1, 0.15) is 32.4 Å². The Morgan fingerprint density at radius 3 is 2.44 bits per heavy atom. The average Bonchev–Trinajstić information content (AvgIpc) is 2.24. The Bertz CT molecular complexity index is 398. The Labute approximate surface area is 112 Å². The number of halogens is 1. The van der Waals surface area contributed by atoms with Crippen molar-refractivity contribution in [3.63, 3.8) is 0 Å². The van der Waals surface area contributed by atoms with Crippen molar-refractivity contribution >= 4 is 17.7 Å². The predicted molar refractivity (Wildman–Crippen MR) is 72.6 cm³/mol. The Kier molecular flexibility index (Phi) is 4.99. The van der Waals surface area contributed by atoms with Crippen LogP contribution in [0.15, 0.2) is 24.3 Å². The van der Waals surface area contributed by atoms with Gasteiger partial charge in [0.25, 0.3) is 0 Å². The van der Waals surface area contributed by atoms with Gasteiger partial charge in [0.2, 0.25) is 0 Å². The number of carbonyl (C=O) groups excluding carboxylic acids is 1. The highest BCUT2D eigenvalue weighted by molar-refractivity contribution is 6.30. The maximum Gasteiger partial charge on any atom is 0.407 e.